The zero-order chi connectivity index (χ0) is 15.8. The van der Waals surface area contributed by atoms with Crippen LogP contribution in [0.25, 0.3) is 0 Å². The first kappa shape index (κ1) is 16.4. The van der Waals surface area contributed by atoms with E-state index < -0.39 is 15.6 Å². The molecular formula is C15H21F2NO2S. The lowest BCUT2D eigenvalue weighted by Gasteiger charge is -2.54. The lowest BCUT2D eigenvalue weighted by Crippen LogP contribution is -2.55. The highest BCUT2D eigenvalue weighted by Gasteiger charge is 2.49. The van der Waals surface area contributed by atoms with E-state index in [1.54, 1.807) is 12.1 Å². The summed E-state index contributed by atoms with van der Waals surface area (Å²) in [5, 5.41) is 3.30. The fraction of sp³-hybridized carbons (Fsp3) is 0.600. The number of alkyl halides is 2. The molecule has 1 fully saturated rings. The van der Waals surface area contributed by atoms with Crippen LogP contribution in [0.3, 0.4) is 0 Å². The fourth-order valence-corrected chi connectivity index (χ4v) is 4.03. The smallest absolute Gasteiger partial charge is 0.316 e. The lowest BCUT2D eigenvalue weighted by molar-refractivity contribution is 0.0495. The molecule has 0 aromatic heterocycles. The number of nitrogens with one attached hydrogen (secondary N) is 1. The minimum atomic E-state index is -4.50. The van der Waals surface area contributed by atoms with Gasteiger partial charge in [0.1, 0.15) is 0 Å². The van der Waals surface area contributed by atoms with Crippen molar-refractivity contribution in [2.45, 2.75) is 49.3 Å². The van der Waals surface area contributed by atoms with E-state index in [0.29, 0.717) is 12.0 Å². The van der Waals surface area contributed by atoms with E-state index in [-0.39, 0.29) is 10.3 Å². The quantitative estimate of drug-likeness (QED) is 0.907. The molecule has 0 heterocycles. The highest BCUT2D eigenvalue weighted by Crippen LogP contribution is 2.54. The van der Waals surface area contributed by atoms with E-state index in [4.69, 9.17) is 0 Å². The van der Waals surface area contributed by atoms with Crippen molar-refractivity contribution in [2.24, 2.45) is 5.41 Å². The molecule has 0 amide bonds. The summed E-state index contributed by atoms with van der Waals surface area (Å²) in [4.78, 5) is -0.316. The Balaban J connectivity index is 2.25. The molecule has 1 aliphatic carbocycles. The maximum atomic E-state index is 12.5. The molecule has 0 bridgehead atoms. The summed E-state index contributed by atoms with van der Waals surface area (Å²) in [6.07, 6.45) is 1.97. The van der Waals surface area contributed by atoms with Crippen LogP contribution < -0.4 is 5.32 Å². The van der Waals surface area contributed by atoms with Crippen LogP contribution in [0.2, 0.25) is 0 Å². The Morgan fingerprint density at radius 3 is 2.33 bits per heavy atom. The van der Waals surface area contributed by atoms with E-state index >= 15 is 0 Å². The third-order valence-corrected chi connectivity index (χ3v) is 6.42. The topological polar surface area (TPSA) is 46.2 Å². The van der Waals surface area contributed by atoms with Gasteiger partial charge in [-0.25, -0.2) is 8.42 Å². The maximum Gasteiger partial charge on any atom is 0.341 e. The first-order valence-corrected chi connectivity index (χ1v) is 8.61. The van der Waals surface area contributed by atoms with Gasteiger partial charge in [-0.1, -0.05) is 26.0 Å². The molecular weight excluding hydrogens is 296 g/mol. The average molecular weight is 317 g/mol. The van der Waals surface area contributed by atoms with Crippen molar-refractivity contribution < 1.29 is 17.2 Å². The fourth-order valence-electron chi connectivity index (χ4n) is 3.31. The minimum Gasteiger partial charge on any atom is -0.316 e. The Bertz CT molecular complexity index is 601. The number of rotatable bonds is 5. The van der Waals surface area contributed by atoms with Crippen LogP contribution >= 0.6 is 0 Å². The van der Waals surface area contributed by atoms with Crippen molar-refractivity contribution in [3.63, 3.8) is 0 Å². The molecule has 1 N–H and O–H groups in total. The predicted octanol–water partition coefficient (Wildman–Crippen LogP) is 3.17. The van der Waals surface area contributed by atoms with Crippen LogP contribution in [0.5, 0.6) is 0 Å². The van der Waals surface area contributed by atoms with Gasteiger partial charge in [0, 0.05) is 6.04 Å². The standard InChI is InChI=1S/C15H21F2NO2S/c1-4-15(2)12(9-13(15)18-3)10-5-7-11(8-6-10)21(19,20)14(16)17/h5-8,12-14,18H,4,9H2,1-3H3. The van der Waals surface area contributed by atoms with E-state index in [0.717, 1.165) is 18.4 Å². The van der Waals surface area contributed by atoms with Crippen LogP contribution in [0, 0.1) is 5.41 Å². The van der Waals surface area contributed by atoms with Gasteiger partial charge >= 0.3 is 5.76 Å². The summed E-state index contributed by atoms with van der Waals surface area (Å²) in [6.45, 7) is 4.33. The molecule has 3 nitrogen and oxygen atoms in total. The number of halogens is 2. The second kappa shape index (κ2) is 5.65. The van der Waals surface area contributed by atoms with Gasteiger partial charge in [0.15, 0.2) is 0 Å². The van der Waals surface area contributed by atoms with Crippen molar-refractivity contribution in [1.82, 2.24) is 5.32 Å². The van der Waals surface area contributed by atoms with Gasteiger partial charge in [-0.15, -0.1) is 0 Å². The first-order valence-electron chi connectivity index (χ1n) is 7.06. The molecule has 0 spiro atoms. The molecule has 1 aromatic rings. The van der Waals surface area contributed by atoms with Crippen molar-refractivity contribution >= 4 is 9.84 Å². The highest BCUT2D eigenvalue weighted by molar-refractivity contribution is 7.91. The molecule has 1 aromatic carbocycles. The third kappa shape index (κ3) is 2.59. The molecule has 0 radical (unpaired) electrons. The van der Waals surface area contributed by atoms with Crippen molar-refractivity contribution in [2.75, 3.05) is 7.05 Å². The molecule has 1 aliphatic rings. The zero-order valence-electron chi connectivity index (χ0n) is 12.4. The number of hydrogen-bond acceptors (Lipinski definition) is 3. The van der Waals surface area contributed by atoms with Crippen LogP contribution in [0.15, 0.2) is 29.2 Å². The molecule has 3 atom stereocenters. The summed E-state index contributed by atoms with van der Waals surface area (Å²) in [5.74, 6) is -3.05. The molecule has 0 aliphatic heterocycles. The summed E-state index contributed by atoms with van der Waals surface area (Å²) in [7, 11) is -2.57. The Hall–Kier alpha value is -1.01. The van der Waals surface area contributed by atoms with Gasteiger partial charge in [-0.05, 0) is 48.9 Å². The molecule has 21 heavy (non-hydrogen) atoms. The molecule has 118 valence electrons. The Kier molecular flexibility index (Phi) is 4.40. The summed E-state index contributed by atoms with van der Waals surface area (Å²) >= 11 is 0. The second-order valence-electron chi connectivity index (χ2n) is 5.86. The van der Waals surface area contributed by atoms with E-state index in [1.165, 1.54) is 12.1 Å². The van der Waals surface area contributed by atoms with Crippen molar-refractivity contribution in [3.8, 4) is 0 Å². The van der Waals surface area contributed by atoms with Crippen LogP contribution in [0.4, 0.5) is 8.78 Å². The third-order valence-electron chi connectivity index (χ3n) is 5.02. The minimum absolute atomic E-state index is 0.109. The highest BCUT2D eigenvalue weighted by atomic mass is 32.2. The van der Waals surface area contributed by atoms with Gasteiger partial charge < -0.3 is 5.32 Å². The first-order chi connectivity index (χ1) is 9.77. The lowest BCUT2D eigenvalue weighted by atomic mass is 9.54. The Labute approximate surface area is 124 Å². The Morgan fingerprint density at radius 1 is 1.33 bits per heavy atom. The van der Waals surface area contributed by atoms with E-state index in [9.17, 15) is 17.2 Å². The van der Waals surface area contributed by atoms with Gasteiger partial charge in [0.25, 0.3) is 0 Å². The normalized spacial score (nSPS) is 29.4. The largest absolute Gasteiger partial charge is 0.341 e. The zero-order valence-corrected chi connectivity index (χ0v) is 13.3. The van der Waals surface area contributed by atoms with Crippen molar-refractivity contribution in [3.05, 3.63) is 29.8 Å². The average Bonchev–Trinajstić information content (AvgIpc) is 2.46. The monoisotopic (exact) mass is 317 g/mol. The van der Waals surface area contributed by atoms with E-state index in [2.05, 4.69) is 19.2 Å². The molecule has 1 saturated carbocycles. The van der Waals surface area contributed by atoms with Gasteiger partial charge in [0.05, 0.1) is 4.90 Å². The molecule has 2 rings (SSSR count). The Morgan fingerprint density at radius 2 is 1.90 bits per heavy atom. The van der Waals surface area contributed by atoms with E-state index in [1.807, 2.05) is 7.05 Å². The van der Waals surface area contributed by atoms with Crippen LogP contribution in [-0.2, 0) is 9.84 Å². The van der Waals surface area contributed by atoms with Crippen LogP contribution in [0.1, 0.15) is 38.2 Å². The SMILES string of the molecule is CCC1(C)C(NC)CC1c1ccc(S(=O)(=O)C(F)F)cc1. The van der Waals surface area contributed by atoms with Gasteiger partial charge in [-0.2, -0.15) is 8.78 Å². The summed E-state index contributed by atoms with van der Waals surface area (Å²) < 4.78 is 47.9. The molecule has 6 heteroatoms. The van der Waals surface area contributed by atoms with Gasteiger partial charge in [0.2, 0.25) is 9.84 Å². The van der Waals surface area contributed by atoms with Crippen LogP contribution in [-0.4, -0.2) is 27.3 Å². The number of benzene rings is 1. The number of hydrogen-bond donors (Lipinski definition) is 1. The molecule has 3 unspecified atom stereocenters. The maximum absolute atomic E-state index is 12.5. The number of sulfone groups is 1. The predicted molar refractivity (Wildman–Crippen MR) is 78.2 cm³/mol. The molecule has 0 saturated heterocycles. The van der Waals surface area contributed by atoms with Crippen molar-refractivity contribution in [1.29, 1.82) is 0 Å². The second-order valence-corrected chi connectivity index (χ2v) is 7.78. The van der Waals surface area contributed by atoms with Gasteiger partial charge in [-0.3, -0.25) is 0 Å². The summed E-state index contributed by atoms with van der Waals surface area (Å²) in [5.41, 5.74) is 1.12. The summed E-state index contributed by atoms with van der Waals surface area (Å²) in [6, 6.07) is 6.34.